The van der Waals surface area contributed by atoms with Crippen molar-refractivity contribution in [2.45, 2.75) is 143 Å². The molecule has 8 rings (SSSR count). The number of ether oxygens (including phenoxy) is 2. The average Bonchev–Trinajstić information content (AvgIpc) is 4.26. The number of likely N-dealkylation sites (tertiary alicyclic amines) is 2. The van der Waals surface area contributed by atoms with E-state index in [2.05, 4.69) is 20.6 Å². The van der Waals surface area contributed by atoms with Crippen molar-refractivity contribution in [1.29, 1.82) is 0 Å². The molecule has 6 amide bonds. The molecule has 4 aliphatic heterocycles. The number of thiazole rings is 2. The van der Waals surface area contributed by atoms with E-state index in [0.717, 1.165) is 43.4 Å². The van der Waals surface area contributed by atoms with Crippen LogP contribution in [0.1, 0.15) is 90.7 Å². The van der Waals surface area contributed by atoms with Crippen molar-refractivity contribution in [3.8, 4) is 20.9 Å². The number of nitrogens with zero attached hydrogens (tertiary/aromatic N) is 8. The Morgan fingerprint density at radius 3 is 1.21 bits per heavy atom. The second-order valence-corrected chi connectivity index (χ2v) is 24.2. The first-order valence-corrected chi connectivity index (χ1v) is 28.6. The molecule has 4 aromatic rings. The van der Waals surface area contributed by atoms with E-state index >= 15 is 0 Å². The molecule has 6 heterocycles. The third-order valence-corrected chi connectivity index (χ3v) is 16.3. The van der Waals surface area contributed by atoms with Gasteiger partial charge in [-0.3, -0.25) is 29.0 Å². The molecule has 78 heavy (non-hydrogen) atoms. The van der Waals surface area contributed by atoms with Crippen molar-refractivity contribution in [2.75, 3.05) is 65.4 Å². The lowest BCUT2D eigenvalue weighted by Crippen LogP contribution is -2.57. The quantitative estimate of drug-likeness (QED) is 0.142. The fraction of sp³-hybridized carbons (Fsp3) is 0.571. The van der Waals surface area contributed by atoms with E-state index in [-0.39, 0.29) is 61.7 Å². The zero-order valence-electron chi connectivity index (χ0n) is 46.7. The third-order valence-electron chi connectivity index (χ3n) is 14.3. The van der Waals surface area contributed by atoms with Gasteiger partial charge in [0.15, 0.2) is 0 Å². The summed E-state index contributed by atoms with van der Waals surface area (Å²) in [6, 6.07) is 13.5. The number of β-amino-alcohol motifs (C(OH)–C–C–N with tert-alkyl or cyclic N) is 2. The molecule has 20 nitrogen and oxygen atoms in total. The van der Waals surface area contributed by atoms with Gasteiger partial charge in [-0.25, -0.2) is 19.6 Å². The number of carbonyl (C=O) groups excluding carboxylic acids is 6. The maximum absolute atomic E-state index is 13.4. The standard InChI is InChI=1S/2C28H39N5O5S/c2*1-18-24(39-17-30-18)21-8-6-20(7-9-21)15-29-25(35)23-14-22(34)16-33(23)26(36)19(2)31-10-12-32(13-11-31)27(37)38-28(3,4)5/h2*6-9,17,19,22-23,34H,10-16H2,1-5H3,(H,29,35)/t19-,22+,23?;19-,22-,23?/m01/s1. The van der Waals surface area contributed by atoms with Crippen LogP contribution in [0.4, 0.5) is 9.59 Å². The Morgan fingerprint density at radius 2 is 0.910 bits per heavy atom. The van der Waals surface area contributed by atoms with Crippen LogP contribution >= 0.6 is 22.7 Å². The summed E-state index contributed by atoms with van der Waals surface area (Å²) in [6.45, 7) is 23.4. The summed E-state index contributed by atoms with van der Waals surface area (Å²) in [7, 11) is 0. The van der Waals surface area contributed by atoms with E-state index in [4.69, 9.17) is 9.47 Å². The maximum Gasteiger partial charge on any atom is 0.410 e. The average molecular weight is 1120 g/mol. The topological polar surface area (TPSA) is 231 Å². The van der Waals surface area contributed by atoms with Gasteiger partial charge in [-0.15, -0.1) is 22.7 Å². The molecule has 0 bridgehead atoms. The fourth-order valence-electron chi connectivity index (χ4n) is 9.96. The van der Waals surface area contributed by atoms with Crippen molar-refractivity contribution >= 4 is 58.5 Å². The second kappa shape index (κ2) is 25.8. The number of amides is 6. The zero-order chi connectivity index (χ0) is 56.6. The summed E-state index contributed by atoms with van der Waals surface area (Å²) in [6.07, 6.45) is -1.78. The molecule has 22 heteroatoms. The molecule has 424 valence electrons. The normalized spacial score (nSPS) is 21.1. The number of carbonyl (C=O) groups is 6. The second-order valence-electron chi connectivity index (χ2n) is 22.5. The number of rotatable bonds is 12. The number of piperazine rings is 2. The lowest BCUT2D eigenvalue weighted by atomic mass is 10.1. The van der Waals surface area contributed by atoms with Gasteiger partial charge in [-0.05, 0) is 91.5 Å². The summed E-state index contributed by atoms with van der Waals surface area (Å²) < 4.78 is 10.9. The van der Waals surface area contributed by atoms with E-state index in [1.54, 1.807) is 32.5 Å². The van der Waals surface area contributed by atoms with Gasteiger partial charge in [0.05, 0.1) is 56.5 Å². The SMILES string of the molecule is Cc1ncsc1-c1ccc(CNC(=O)C2C[C@@H](O)CN2C(=O)[C@@H](C)N2CCN(C(=O)OC(C)(C)C)CC2)cc1.Cc1ncsc1-c1ccc(CNC(=O)C2C[C@@H](O)CN2C(=O)[C@H](C)N2CCN(C(=O)OC(C)(C)C)CC2)cc1. The van der Waals surface area contributed by atoms with E-state index < -0.39 is 47.6 Å². The van der Waals surface area contributed by atoms with Crippen molar-refractivity contribution in [3.63, 3.8) is 0 Å². The van der Waals surface area contributed by atoms with E-state index in [0.29, 0.717) is 65.4 Å². The van der Waals surface area contributed by atoms with E-state index in [9.17, 15) is 39.0 Å². The molecule has 4 saturated heterocycles. The molecule has 2 unspecified atom stereocenters. The summed E-state index contributed by atoms with van der Waals surface area (Å²) in [5.41, 5.74) is 8.57. The molecule has 4 fully saturated rings. The van der Waals surface area contributed by atoms with Crippen molar-refractivity contribution < 1.29 is 48.5 Å². The molecule has 2 aromatic heterocycles. The molecular formula is C56H78N10O10S2. The number of aliphatic hydroxyl groups excluding tert-OH is 2. The smallest absolute Gasteiger partial charge is 0.410 e. The highest BCUT2D eigenvalue weighted by Crippen LogP contribution is 2.30. The van der Waals surface area contributed by atoms with Crippen molar-refractivity contribution in [3.05, 3.63) is 82.1 Å². The fourth-order valence-corrected chi connectivity index (χ4v) is 11.6. The number of nitrogens with one attached hydrogen (secondary N) is 2. The molecule has 0 radical (unpaired) electrons. The van der Waals surface area contributed by atoms with Crippen LogP contribution in [0.3, 0.4) is 0 Å². The first-order chi connectivity index (χ1) is 36.8. The number of aryl methyl sites for hydroxylation is 2. The Hall–Kier alpha value is -6.04. The lowest BCUT2D eigenvalue weighted by molar-refractivity contribution is -0.143. The molecule has 0 aliphatic carbocycles. The summed E-state index contributed by atoms with van der Waals surface area (Å²) >= 11 is 3.19. The summed E-state index contributed by atoms with van der Waals surface area (Å²) in [5, 5.41) is 26.5. The minimum atomic E-state index is -0.747. The molecule has 2 aromatic carbocycles. The number of hydrogen-bond acceptors (Lipinski definition) is 16. The van der Waals surface area contributed by atoms with Gasteiger partial charge in [0.1, 0.15) is 23.3 Å². The first-order valence-electron chi connectivity index (χ1n) is 26.8. The highest BCUT2D eigenvalue weighted by molar-refractivity contribution is 7.13. The highest BCUT2D eigenvalue weighted by atomic mass is 32.1. The van der Waals surface area contributed by atoms with Gasteiger partial charge in [0, 0.05) is 91.4 Å². The molecule has 4 aliphatic rings. The van der Waals surface area contributed by atoms with Crippen LogP contribution in [0.5, 0.6) is 0 Å². The Labute approximate surface area is 466 Å². The third kappa shape index (κ3) is 15.6. The van der Waals surface area contributed by atoms with Crippen LogP contribution in [0.2, 0.25) is 0 Å². The maximum atomic E-state index is 13.4. The molecule has 0 saturated carbocycles. The van der Waals surface area contributed by atoms with Crippen LogP contribution in [-0.4, -0.2) is 198 Å². The van der Waals surface area contributed by atoms with Crippen LogP contribution in [0.25, 0.3) is 20.9 Å². The summed E-state index contributed by atoms with van der Waals surface area (Å²) in [5.74, 6) is -0.933. The Morgan fingerprint density at radius 1 is 0.577 bits per heavy atom. The molecule has 6 atom stereocenters. The van der Waals surface area contributed by atoms with Crippen LogP contribution in [0.15, 0.2) is 59.6 Å². The zero-order valence-corrected chi connectivity index (χ0v) is 48.3. The van der Waals surface area contributed by atoms with Crippen molar-refractivity contribution in [2.24, 2.45) is 0 Å². The molecule has 4 N–H and O–H groups in total. The Bertz CT molecular complexity index is 2520. The highest BCUT2D eigenvalue weighted by Gasteiger charge is 2.44. The number of aliphatic hydroxyl groups is 2. The number of benzene rings is 2. The van der Waals surface area contributed by atoms with E-state index in [1.807, 2.05) is 139 Å². The molecular weight excluding hydrogens is 1040 g/mol. The minimum Gasteiger partial charge on any atom is -0.444 e. The van der Waals surface area contributed by atoms with Gasteiger partial charge in [-0.2, -0.15) is 0 Å². The van der Waals surface area contributed by atoms with Gasteiger partial charge in [0.2, 0.25) is 23.6 Å². The summed E-state index contributed by atoms with van der Waals surface area (Å²) in [4.78, 5) is 99.0. The number of aromatic nitrogens is 2. The molecule has 0 spiro atoms. The largest absolute Gasteiger partial charge is 0.444 e. The predicted octanol–water partition coefficient (Wildman–Crippen LogP) is 5.28. The number of hydrogen-bond donors (Lipinski definition) is 4. The van der Waals surface area contributed by atoms with Crippen LogP contribution < -0.4 is 10.6 Å². The van der Waals surface area contributed by atoms with Crippen molar-refractivity contribution in [1.82, 2.24) is 50.0 Å². The lowest BCUT2D eigenvalue weighted by Gasteiger charge is -2.39. The van der Waals surface area contributed by atoms with Gasteiger partial charge in [0.25, 0.3) is 0 Å². The van der Waals surface area contributed by atoms with Gasteiger partial charge >= 0.3 is 12.2 Å². The van der Waals surface area contributed by atoms with E-state index in [1.165, 1.54) is 9.80 Å². The first kappa shape index (κ1) is 59.6. The monoisotopic (exact) mass is 1110 g/mol. The van der Waals surface area contributed by atoms with Gasteiger partial charge in [-0.1, -0.05) is 48.5 Å². The van der Waals surface area contributed by atoms with Crippen LogP contribution in [-0.2, 0) is 41.7 Å². The van der Waals surface area contributed by atoms with Gasteiger partial charge < -0.3 is 49.9 Å². The predicted molar refractivity (Wildman–Crippen MR) is 298 cm³/mol. The Balaban J connectivity index is 0.000000226. The van der Waals surface area contributed by atoms with Crippen LogP contribution in [0, 0.1) is 13.8 Å². The minimum absolute atomic E-state index is 0.127. The Kier molecular flexibility index (Phi) is 19.7.